The molecule has 0 saturated carbocycles. The first-order chi connectivity index (χ1) is 22.5. The van der Waals surface area contributed by atoms with E-state index in [0.717, 1.165) is 34.5 Å². The van der Waals surface area contributed by atoms with Crippen LogP contribution in [-0.4, -0.2) is 12.1 Å². The molecule has 3 N–H and O–H groups in total. The minimum Gasteiger partial charge on any atom is -0.383 e. The topological polar surface area (TPSA) is 62.8 Å². The minimum absolute atomic E-state index is 0.0839. The first-order valence-corrected chi connectivity index (χ1v) is 16.0. The molecule has 4 heteroatoms. The summed E-state index contributed by atoms with van der Waals surface area (Å²) in [6.07, 6.45) is 4.87. The van der Waals surface area contributed by atoms with Crippen LogP contribution < -0.4 is 11.1 Å². The van der Waals surface area contributed by atoms with E-state index >= 15 is 0 Å². The molecular formula is C42H36N4. The molecule has 46 heavy (non-hydrogen) atoms. The molecule has 5 aromatic carbocycles. The summed E-state index contributed by atoms with van der Waals surface area (Å²) in [5.41, 5.74) is 20.2. The molecule has 1 spiro atoms. The van der Waals surface area contributed by atoms with Crippen molar-refractivity contribution in [2.24, 2.45) is 21.1 Å². The Morgan fingerprint density at radius 1 is 0.761 bits per heavy atom. The number of hydrogen-bond donors (Lipinski definition) is 2. The lowest BCUT2D eigenvalue weighted by Crippen LogP contribution is -2.28. The van der Waals surface area contributed by atoms with Crippen LogP contribution >= 0.6 is 0 Å². The van der Waals surface area contributed by atoms with Crippen molar-refractivity contribution in [1.29, 1.82) is 0 Å². The molecule has 3 aliphatic rings. The summed E-state index contributed by atoms with van der Waals surface area (Å²) >= 11 is 0. The summed E-state index contributed by atoms with van der Waals surface area (Å²) < 4.78 is 0. The lowest BCUT2D eigenvalue weighted by atomic mass is 9.70. The molecule has 0 aromatic heterocycles. The van der Waals surface area contributed by atoms with E-state index in [2.05, 4.69) is 98.0 Å². The summed E-state index contributed by atoms with van der Waals surface area (Å²) in [4.78, 5) is 9.80. The van der Waals surface area contributed by atoms with E-state index in [1.807, 2.05) is 66.9 Å². The summed E-state index contributed by atoms with van der Waals surface area (Å²) in [7, 11) is 0. The molecule has 4 nitrogen and oxygen atoms in total. The van der Waals surface area contributed by atoms with Crippen LogP contribution in [0, 0.1) is 5.41 Å². The van der Waals surface area contributed by atoms with Gasteiger partial charge >= 0.3 is 0 Å². The highest BCUT2D eigenvalue weighted by molar-refractivity contribution is 6.13. The highest BCUT2D eigenvalue weighted by Crippen LogP contribution is 2.80. The fourth-order valence-corrected chi connectivity index (χ4v) is 7.68. The van der Waals surface area contributed by atoms with Crippen molar-refractivity contribution in [2.45, 2.75) is 31.8 Å². The van der Waals surface area contributed by atoms with Gasteiger partial charge in [-0.25, -0.2) is 4.99 Å². The van der Waals surface area contributed by atoms with Gasteiger partial charge in [-0.15, -0.1) is 0 Å². The monoisotopic (exact) mass is 596 g/mol. The second-order valence-corrected chi connectivity index (χ2v) is 12.9. The van der Waals surface area contributed by atoms with Crippen LogP contribution in [0.3, 0.4) is 0 Å². The third kappa shape index (κ3) is 4.44. The zero-order valence-corrected chi connectivity index (χ0v) is 26.1. The molecule has 0 amide bonds. The molecular weight excluding hydrogens is 560 g/mol. The van der Waals surface area contributed by atoms with Crippen LogP contribution in [0.2, 0.25) is 0 Å². The third-order valence-corrected chi connectivity index (χ3v) is 10.0. The molecule has 0 radical (unpaired) electrons. The maximum atomic E-state index is 6.51. The predicted octanol–water partition coefficient (Wildman–Crippen LogP) is 9.49. The molecule has 0 saturated heterocycles. The molecule has 5 aromatic rings. The zero-order valence-electron chi connectivity index (χ0n) is 26.1. The lowest BCUT2D eigenvalue weighted by molar-refractivity contribution is 0.353. The van der Waals surface area contributed by atoms with Crippen LogP contribution in [0.15, 0.2) is 155 Å². The Balaban J connectivity index is 1.12. The van der Waals surface area contributed by atoms with Crippen LogP contribution in [-0.2, 0) is 5.41 Å². The van der Waals surface area contributed by atoms with Crippen molar-refractivity contribution in [2.75, 3.05) is 5.32 Å². The van der Waals surface area contributed by atoms with Crippen molar-refractivity contribution < 1.29 is 0 Å². The van der Waals surface area contributed by atoms with Gasteiger partial charge in [0.1, 0.15) is 5.84 Å². The van der Waals surface area contributed by atoms with Gasteiger partial charge in [0.05, 0.1) is 0 Å². The number of fused-ring (bicyclic) bond motifs is 2. The number of para-hydroxylation sites is 1. The Labute approximate surface area is 270 Å². The normalized spacial score (nSPS) is 19.8. The van der Waals surface area contributed by atoms with E-state index in [0.29, 0.717) is 5.84 Å². The van der Waals surface area contributed by atoms with Gasteiger partial charge in [0.15, 0.2) is 6.17 Å². The van der Waals surface area contributed by atoms with E-state index in [9.17, 15) is 0 Å². The number of anilines is 2. The molecule has 0 fully saturated rings. The highest BCUT2D eigenvalue weighted by atomic mass is 15.0. The SMILES string of the molecule is CC1(C)c2ccccc2C2=C3C(c4ccccc4Nc4cccc(C(N=Cc5ccccc5)N=C(N)c5ccccc5)c4)=CCC321. The molecule has 0 aliphatic heterocycles. The van der Waals surface area contributed by atoms with Crippen molar-refractivity contribution in [3.05, 3.63) is 178 Å². The van der Waals surface area contributed by atoms with E-state index in [1.165, 1.54) is 27.8 Å². The van der Waals surface area contributed by atoms with E-state index < -0.39 is 6.17 Å². The zero-order chi connectivity index (χ0) is 31.3. The van der Waals surface area contributed by atoms with Crippen molar-refractivity contribution in [3.8, 4) is 0 Å². The Kier molecular flexibility index (Phi) is 6.61. The maximum Gasteiger partial charge on any atom is 0.167 e. The quantitative estimate of drug-likeness (QED) is 0.138. The van der Waals surface area contributed by atoms with Gasteiger partial charge in [0.2, 0.25) is 0 Å². The van der Waals surface area contributed by atoms with Crippen molar-refractivity contribution in [3.63, 3.8) is 0 Å². The van der Waals surface area contributed by atoms with E-state index in [-0.39, 0.29) is 10.8 Å². The predicted molar refractivity (Wildman–Crippen MR) is 192 cm³/mol. The van der Waals surface area contributed by atoms with Gasteiger partial charge in [-0.3, -0.25) is 4.99 Å². The fraction of sp³-hybridized carbons (Fsp3) is 0.143. The summed E-state index contributed by atoms with van der Waals surface area (Å²) in [6, 6.07) is 45.9. The second kappa shape index (κ2) is 10.8. The number of aliphatic imine (C=N–C) groups is 2. The molecule has 8 rings (SSSR count). The number of nitrogens with two attached hydrogens (primary N) is 1. The smallest absolute Gasteiger partial charge is 0.167 e. The lowest BCUT2D eigenvalue weighted by Gasteiger charge is -2.32. The Bertz CT molecular complexity index is 2090. The molecule has 3 aliphatic carbocycles. The Hall–Kier alpha value is -5.48. The number of nitrogens with one attached hydrogen (secondary N) is 1. The van der Waals surface area contributed by atoms with Gasteiger partial charge in [-0.05, 0) is 58.0 Å². The summed E-state index contributed by atoms with van der Waals surface area (Å²) in [5.74, 6) is 0.454. The number of hydrogen-bond acceptors (Lipinski definition) is 3. The van der Waals surface area contributed by atoms with Crippen LogP contribution in [0.5, 0.6) is 0 Å². The number of allylic oxidation sites excluding steroid dienone is 4. The van der Waals surface area contributed by atoms with E-state index in [4.69, 9.17) is 15.7 Å². The van der Waals surface area contributed by atoms with Crippen LogP contribution in [0.1, 0.15) is 59.8 Å². The third-order valence-electron chi connectivity index (χ3n) is 10.0. The summed E-state index contributed by atoms with van der Waals surface area (Å²) in [5, 5.41) is 3.75. The van der Waals surface area contributed by atoms with Crippen molar-refractivity contribution >= 4 is 34.6 Å². The summed E-state index contributed by atoms with van der Waals surface area (Å²) in [6.45, 7) is 4.84. The fourth-order valence-electron chi connectivity index (χ4n) is 7.68. The average Bonchev–Trinajstić information content (AvgIpc) is 3.53. The first-order valence-electron chi connectivity index (χ1n) is 16.0. The Morgan fingerprint density at radius 3 is 2.26 bits per heavy atom. The van der Waals surface area contributed by atoms with Crippen LogP contribution in [0.4, 0.5) is 11.4 Å². The standard InChI is InChI=1S/C42H36N4/c1-41(2)35-22-11-9-21-34(35)38-37-33(24-25-42(37,38)41)32-20-10-12-23-36(32)45-31-19-13-18-30(26-31)40(44-27-28-14-5-3-6-15-28)46-39(43)29-16-7-4-8-17-29/h3-24,26-27,40,45H,25H2,1-2H3,(H2,43,46). The van der Waals surface area contributed by atoms with Gasteiger partial charge < -0.3 is 11.1 Å². The molecule has 2 unspecified atom stereocenters. The van der Waals surface area contributed by atoms with E-state index in [1.54, 1.807) is 5.57 Å². The molecule has 0 bridgehead atoms. The number of rotatable bonds is 8. The molecule has 2 atom stereocenters. The average molecular weight is 597 g/mol. The van der Waals surface area contributed by atoms with Crippen molar-refractivity contribution in [1.82, 2.24) is 0 Å². The highest BCUT2D eigenvalue weighted by Gasteiger charge is 2.69. The second-order valence-electron chi connectivity index (χ2n) is 12.9. The Morgan fingerprint density at radius 2 is 1.46 bits per heavy atom. The van der Waals surface area contributed by atoms with Gasteiger partial charge in [0.25, 0.3) is 0 Å². The molecule has 0 heterocycles. The van der Waals surface area contributed by atoms with Gasteiger partial charge in [-0.1, -0.05) is 135 Å². The maximum absolute atomic E-state index is 6.51. The number of amidine groups is 1. The first kappa shape index (κ1) is 28.0. The minimum atomic E-state index is -0.505. The molecule has 224 valence electrons. The van der Waals surface area contributed by atoms with Gasteiger partial charge in [0, 0.05) is 45.1 Å². The largest absolute Gasteiger partial charge is 0.383 e. The number of benzene rings is 5. The van der Waals surface area contributed by atoms with Gasteiger partial charge in [-0.2, -0.15) is 0 Å². The number of nitrogens with zero attached hydrogens (tertiary/aromatic N) is 2. The van der Waals surface area contributed by atoms with Crippen LogP contribution in [0.25, 0.3) is 11.1 Å².